The fourth-order valence-electron chi connectivity index (χ4n) is 3.39. The van der Waals surface area contributed by atoms with E-state index < -0.39 is 5.97 Å². The number of esters is 1. The molecule has 1 aromatic carbocycles. The molecule has 0 unspecified atom stereocenters. The molecule has 5 heteroatoms. The smallest absolute Gasteiger partial charge is 0.340 e. The molecule has 0 fully saturated rings. The zero-order valence-corrected chi connectivity index (χ0v) is 16.0. The molecule has 0 amide bonds. The van der Waals surface area contributed by atoms with Crippen LogP contribution in [0.25, 0.3) is 16.6 Å². The predicted octanol–water partition coefficient (Wildman–Crippen LogP) is 4.73. The third-order valence-electron chi connectivity index (χ3n) is 4.61. The van der Waals surface area contributed by atoms with Crippen molar-refractivity contribution >= 4 is 17.8 Å². The Morgan fingerprint density at radius 3 is 2.63 bits per heavy atom. The van der Waals surface area contributed by atoms with Gasteiger partial charge in [-0.1, -0.05) is 26.0 Å². The Bertz CT molecular complexity index is 1000. The van der Waals surface area contributed by atoms with Gasteiger partial charge < -0.3 is 13.9 Å². The maximum atomic E-state index is 12.7. The first-order valence-electron chi connectivity index (χ1n) is 8.97. The van der Waals surface area contributed by atoms with Gasteiger partial charge in [0, 0.05) is 11.8 Å². The Hall–Kier alpha value is -3.08. The second-order valence-corrected chi connectivity index (χ2v) is 6.54. The van der Waals surface area contributed by atoms with Gasteiger partial charge >= 0.3 is 5.97 Å². The van der Waals surface area contributed by atoms with Gasteiger partial charge in [-0.15, -0.1) is 0 Å². The molecule has 27 heavy (non-hydrogen) atoms. The van der Waals surface area contributed by atoms with Crippen LogP contribution >= 0.6 is 0 Å². The summed E-state index contributed by atoms with van der Waals surface area (Å²) in [5.41, 5.74) is 3.85. The molecule has 0 saturated carbocycles. The third kappa shape index (κ3) is 3.21. The van der Waals surface area contributed by atoms with Crippen LogP contribution in [0.15, 0.2) is 42.6 Å². The van der Waals surface area contributed by atoms with E-state index in [2.05, 4.69) is 13.8 Å². The highest BCUT2D eigenvalue weighted by atomic mass is 16.5. The number of carbonyl (C=O) groups excluding carboxylic acids is 2. The summed E-state index contributed by atoms with van der Waals surface area (Å²) < 4.78 is 12.5. The Morgan fingerprint density at radius 2 is 2.00 bits per heavy atom. The van der Waals surface area contributed by atoms with Gasteiger partial charge in [0.05, 0.1) is 30.5 Å². The van der Waals surface area contributed by atoms with Crippen molar-refractivity contribution in [2.24, 2.45) is 0 Å². The van der Waals surface area contributed by atoms with Crippen molar-refractivity contribution in [3.63, 3.8) is 0 Å². The van der Waals surface area contributed by atoms with Gasteiger partial charge in [0.2, 0.25) is 0 Å². The summed E-state index contributed by atoms with van der Waals surface area (Å²) >= 11 is 0. The van der Waals surface area contributed by atoms with E-state index in [0.29, 0.717) is 22.3 Å². The van der Waals surface area contributed by atoms with Crippen molar-refractivity contribution in [1.29, 1.82) is 0 Å². The van der Waals surface area contributed by atoms with E-state index in [0.717, 1.165) is 23.2 Å². The van der Waals surface area contributed by atoms with E-state index >= 15 is 0 Å². The van der Waals surface area contributed by atoms with Crippen molar-refractivity contribution in [1.82, 2.24) is 4.40 Å². The molecule has 140 valence electrons. The molecule has 2 aromatic heterocycles. The molecule has 0 bridgehead atoms. The van der Waals surface area contributed by atoms with Crippen molar-refractivity contribution in [3.8, 4) is 16.9 Å². The number of carbonyl (C=O) groups is 2. The standard InChI is InChI=1S/C22H23NO4/c1-5-27-22(25)21-17-8-6-7-11-23(17)18(13-24)20(21)15-9-10-19(26-4)16(12-15)14(2)3/h6-14H,5H2,1-4H3. The highest BCUT2D eigenvalue weighted by Crippen LogP contribution is 2.37. The summed E-state index contributed by atoms with van der Waals surface area (Å²) in [5, 5.41) is 0. The maximum absolute atomic E-state index is 12.7. The Labute approximate surface area is 158 Å². The van der Waals surface area contributed by atoms with Crippen molar-refractivity contribution in [2.75, 3.05) is 13.7 Å². The quantitative estimate of drug-likeness (QED) is 0.468. The van der Waals surface area contributed by atoms with Crippen molar-refractivity contribution in [2.45, 2.75) is 26.7 Å². The second kappa shape index (κ2) is 7.66. The lowest BCUT2D eigenvalue weighted by molar-refractivity contribution is 0.0529. The molecule has 0 aliphatic heterocycles. The SMILES string of the molecule is CCOC(=O)c1c(-c2ccc(OC)c(C(C)C)c2)c(C=O)n2ccccc12. The molecule has 0 spiro atoms. The van der Waals surface area contributed by atoms with E-state index in [4.69, 9.17) is 9.47 Å². The summed E-state index contributed by atoms with van der Waals surface area (Å²) in [6.07, 6.45) is 2.56. The third-order valence-corrected chi connectivity index (χ3v) is 4.61. The van der Waals surface area contributed by atoms with Gasteiger partial charge in [0.25, 0.3) is 0 Å². The molecule has 5 nitrogen and oxygen atoms in total. The van der Waals surface area contributed by atoms with Gasteiger partial charge in [-0.2, -0.15) is 0 Å². The molecule has 0 atom stereocenters. The Balaban J connectivity index is 2.37. The summed E-state index contributed by atoms with van der Waals surface area (Å²) in [6, 6.07) is 11.2. The lowest BCUT2D eigenvalue weighted by atomic mass is 9.94. The predicted molar refractivity (Wildman–Crippen MR) is 105 cm³/mol. The van der Waals surface area contributed by atoms with E-state index in [1.807, 2.05) is 36.4 Å². The van der Waals surface area contributed by atoms with Gasteiger partial charge in [-0.3, -0.25) is 4.79 Å². The van der Waals surface area contributed by atoms with Crippen LogP contribution in [0.4, 0.5) is 0 Å². The van der Waals surface area contributed by atoms with Crippen molar-refractivity contribution < 1.29 is 19.1 Å². The fraction of sp³-hybridized carbons (Fsp3) is 0.273. The zero-order valence-electron chi connectivity index (χ0n) is 16.0. The summed E-state index contributed by atoms with van der Waals surface area (Å²) in [4.78, 5) is 24.7. The van der Waals surface area contributed by atoms with E-state index in [1.54, 1.807) is 24.6 Å². The Morgan fingerprint density at radius 1 is 1.22 bits per heavy atom. The molecule has 0 N–H and O–H groups in total. The number of benzene rings is 1. The number of fused-ring (bicyclic) bond motifs is 1. The molecule has 0 saturated heterocycles. The Kier molecular flexibility index (Phi) is 5.31. The minimum absolute atomic E-state index is 0.225. The number of pyridine rings is 1. The number of rotatable bonds is 6. The first kappa shape index (κ1) is 18.7. The molecule has 3 aromatic rings. The lowest BCUT2D eigenvalue weighted by Gasteiger charge is -2.14. The van der Waals surface area contributed by atoms with Crippen LogP contribution in [-0.4, -0.2) is 30.4 Å². The number of aromatic nitrogens is 1. The van der Waals surface area contributed by atoms with Gasteiger partial charge in [0.1, 0.15) is 5.75 Å². The minimum atomic E-state index is -0.439. The minimum Gasteiger partial charge on any atom is -0.496 e. The van der Waals surface area contributed by atoms with Crippen LogP contribution in [0.2, 0.25) is 0 Å². The molecule has 0 aliphatic rings. The van der Waals surface area contributed by atoms with E-state index in [-0.39, 0.29) is 12.5 Å². The number of methoxy groups -OCH3 is 1. The second-order valence-electron chi connectivity index (χ2n) is 6.54. The van der Waals surface area contributed by atoms with Gasteiger partial charge in [-0.25, -0.2) is 4.79 Å². The van der Waals surface area contributed by atoms with Crippen LogP contribution < -0.4 is 4.74 Å². The largest absolute Gasteiger partial charge is 0.496 e. The molecular formula is C22H23NO4. The number of nitrogens with zero attached hydrogens (tertiary/aromatic N) is 1. The number of hydrogen-bond acceptors (Lipinski definition) is 4. The molecule has 2 heterocycles. The first-order chi connectivity index (χ1) is 13.0. The first-order valence-corrected chi connectivity index (χ1v) is 8.97. The zero-order chi connectivity index (χ0) is 19.6. The summed E-state index contributed by atoms with van der Waals surface area (Å²) in [7, 11) is 1.63. The summed E-state index contributed by atoms with van der Waals surface area (Å²) in [6.45, 7) is 6.18. The van der Waals surface area contributed by atoms with Crippen LogP contribution in [0.1, 0.15) is 53.1 Å². The maximum Gasteiger partial charge on any atom is 0.340 e. The van der Waals surface area contributed by atoms with Gasteiger partial charge in [0.15, 0.2) is 6.29 Å². The lowest BCUT2D eigenvalue weighted by Crippen LogP contribution is -2.06. The molecule has 3 rings (SSSR count). The van der Waals surface area contributed by atoms with Crippen LogP contribution in [-0.2, 0) is 4.74 Å². The monoisotopic (exact) mass is 365 g/mol. The number of hydrogen-bond donors (Lipinski definition) is 0. The average molecular weight is 365 g/mol. The van der Waals surface area contributed by atoms with E-state index in [9.17, 15) is 9.59 Å². The highest BCUT2D eigenvalue weighted by molar-refractivity contribution is 6.09. The van der Waals surface area contributed by atoms with Crippen LogP contribution in [0, 0.1) is 0 Å². The molecule has 0 aliphatic carbocycles. The molecule has 0 radical (unpaired) electrons. The summed E-state index contributed by atoms with van der Waals surface area (Å²) in [5.74, 6) is 0.566. The fourth-order valence-corrected chi connectivity index (χ4v) is 3.39. The highest BCUT2D eigenvalue weighted by Gasteiger charge is 2.26. The van der Waals surface area contributed by atoms with Crippen molar-refractivity contribution in [3.05, 3.63) is 59.4 Å². The number of aldehydes is 1. The van der Waals surface area contributed by atoms with Crippen LogP contribution in [0.5, 0.6) is 5.75 Å². The normalized spacial score (nSPS) is 11.0. The molecular weight excluding hydrogens is 342 g/mol. The topological polar surface area (TPSA) is 57.0 Å². The van der Waals surface area contributed by atoms with Crippen LogP contribution in [0.3, 0.4) is 0 Å². The average Bonchev–Trinajstić information content (AvgIpc) is 3.02. The van der Waals surface area contributed by atoms with Gasteiger partial charge in [-0.05, 0) is 48.2 Å². The number of ether oxygens (including phenoxy) is 2. The van der Waals surface area contributed by atoms with E-state index in [1.165, 1.54) is 0 Å².